The van der Waals surface area contributed by atoms with Gasteiger partial charge in [-0.25, -0.2) is 0 Å². The standard InChI is InChI=1S/C10H15N3O/c1-7(2)6-12-10-8(11)4-5-9(13-10)14-3/h4-5H,1,6,11H2,2-3H3,(H,12,13). The van der Waals surface area contributed by atoms with Gasteiger partial charge in [0.1, 0.15) is 0 Å². The lowest BCUT2D eigenvalue weighted by atomic mass is 10.3. The van der Waals surface area contributed by atoms with Crippen molar-refractivity contribution in [1.82, 2.24) is 4.98 Å². The number of rotatable bonds is 4. The van der Waals surface area contributed by atoms with Gasteiger partial charge in [-0.05, 0) is 13.0 Å². The molecule has 1 rings (SSSR count). The van der Waals surface area contributed by atoms with Crippen LogP contribution in [0.5, 0.6) is 5.88 Å². The molecule has 3 N–H and O–H groups in total. The van der Waals surface area contributed by atoms with E-state index in [1.807, 2.05) is 6.92 Å². The Hall–Kier alpha value is -1.71. The fraction of sp³-hybridized carbons (Fsp3) is 0.300. The number of aromatic nitrogens is 1. The highest BCUT2D eigenvalue weighted by Gasteiger charge is 2.01. The van der Waals surface area contributed by atoms with E-state index in [1.165, 1.54) is 0 Å². The van der Waals surface area contributed by atoms with Crippen molar-refractivity contribution in [2.24, 2.45) is 0 Å². The van der Waals surface area contributed by atoms with Crippen molar-refractivity contribution >= 4 is 11.5 Å². The number of hydrogen-bond donors (Lipinski definition) is 2. The highest BCUT2D eigenvalue weighted by molar-refractivity contribution is 5.62. The molecule has 0 aliphatic rings. The van der Waals surface area contributed by atoms with Gasteiger partial charge in [-0.3, -0.25) is 0 Å². The van der Waals surface area contributed by atoms with Crippen LogP contribution in [0.2, 0.25) is 0 Å². The average molecular weight is 193 g/mol. The minimum Gasteiger partial charge on any atom is -0.481 e. The molecule has 0 saturated heterocycles. The molecule has 4 heteroatoms. The van der Waals surface area contributed by atoms with Gasteiger partial charge in [0.2, 0.25) is 5.88 Å². The van der Waals surface area contributed by atoms with Gasteiger partial charge in [-0.1, -0.05) is 12.2 Å². The molecule has 0 spiro atoms. The first-order valence-electron chi connectivity index (χ1n) is 4.32. The molecule has 1 aromatic rings. The molecule has 0 fully saturated rings. The van der Waals surface area contributed by atoms with Gasteiger partial charge in [-0.2, -0.15) is 4.98 Å². The fourth-order valence-corrected chi connectivity index (χ4v) is 0.942. The Balaban J connectivity index is 2.78. The second kappa shape index (κ2) is 4.50. The Labute approximate surface area is 83.8 Å². The van der Waals surface area contributed by atoms with E-state index < -0.39 is 0 Å². The van der Waals surface area contributed by atoms with Crippen molar-refractivity contribution in [1.29, 1.82) is 0 Å². The molecule has 4 nitrogen and oxygen atoms in total. The Morgan fingerprint density at radius 1 is 1.64 bits per heavy atom. The number of nitrogen functional groups attached to an aromatic ring is 1. The van der Waals surface area contributed by atoms with E-state index in [9.17, 15) is 0 Å². The molecule has 0 atom stereocenters. The van der Waals surface area contributed by atoms with Crippen molar-refractivity contribution in [3.63, 3.8) is 0 Å². The molecule has 0 radical (unpaired) electrons. The van der Waals surface area contributed by atoms with Crippen LogP contribution < -0.4 is 15.8 Å². The zero-order valence-corrected chi connectivity index (χ0v) is 8.50. The zero-order valence-electron chi connectivity index (χ0n) is 8.50. The van der Waals surface area contributed by atoms with Crippen LogP contribution in [-0.4, -0.2) is 18.6 Å². The second-order valence-corrected chi connectivity index (χ2v) is 3.10. The van der Waals surface area contributed by atoms with Gasteiger partial charge in [0.15, 0.2) is 5.82 Å². The molecule has 1 aromatic heterocycles. The van der Waals surface area contributed by atoms with E-state index in [2.05, 4.69) is 16.9 Å². The lowest BCUT2D eigenvalue weighted by molar-refractivity contribution is 0.398. The van der Waals surface area contributed by atoms with Crippen LogP contribution in [0.15, 0.2) is 24.3 Å². The van der Waals surface area contributed by atoms with Gasteiger partial charge in [0.05, 0.1) is 12.8 Å². The Kier molecular flexibility index (Phi) is 3.34. The molecule has 0 unspecified atom stereocenters. The van der Waals surface area contributed by atoms with Gasteiger partial charge in [-0.15, -0.1) is 0 Å². The molecule has 76 valence electrons. The Morgan fingerprint density at radius 2 is 2.36 bits per heavy atom. The minimum absolute atomic E-state index is 0.545. The summed E-state index contributed by atoms with van der Waals surface area (Å²) in [5, 5.41) is 3.07. The molecule has 0 saturated carbocycles. The van der Waals surface area contributed by atoms with Crippen LogP contribution in [0.25, 0.3) is 0 Å². The van der Waals surface area contributed by atoms with Gasteiger partial charge >= 0.3 is 0 Å². The number of nitrogens with two attached hydrogens (primary N) is 1. The quantitative estimate of drug-likeness (QED) is 0.714. The highest BCUT2D eigenvalue weighted by Crippen LogP contribution is 2.19. The third-order valence-electron chi connectivity index (χ3n) is 1.67. The highest BCUT2D eigenvalue weighted by atomic mass is 16.5. The number of pyridine rings is 1. The number of ether oxygens (including phenoxy) is 1. The first-order valence-corrected chi connectivity index (χ1v) is 4.32. The summed E-state index contributed by atoms with van der Waals surface area (Å²) < 4.78 is 4.99. The monoisotopic (exact) mass is 193 g/mol. The van der Waals surface area contributed by atoms with E-state index in [-0.39, 0.29) is 0 Å². The van der Waals surface area contributed by atoms with Crippen LogP contribution in [0.1, 0.15) is 6.92 Å². The van der Waals surface area contributed by atoms with E-state index in [0.29, 0.717) is 23.9 Å². The van der Waals surface area contributed by atoms with Crippen molar-refractivity contribution in [2.75, 3.05) is 24.7 Å². The van der Waals surface area contributed by atoms with Gasteiger partial charge < -0.3 is 15.8 Å². The zero-order chi connectivity index (χ0) is 10.6. The first-order chi connectivity index (χ1) is 6.63. The van der Waals surface area contributed by atoms with Crippen LogP contribution in [0.3, 0.4) is 0 Å². The molecule has 1 heterocycles. The van der Waals surface area contributed by atoms with Crippen LogP contribution >= 0.6 is 0 Å². The van der Waals surface area contributed by atoms with Crippen molar-refractivity contribution in [2.45, 2.75) is 6.92 Å². The van der Waals surface area contributed by atoms with Crippen molar-refractivity contribution < 1.29 is 4.74 Å². The number of nitrogens with zero attached hydrogens (tertiary/aromatic N) is 1. The van der Waals surface area contributed by atoms with Crippen LogP contribution in [-0.2, 0) is 0 Å². The molecule has 0 amide bonds. The predicted molar refractivity (Wildman–Crippen MR) is 58.5 cm³/mol. The largest absolute Gasteiger partial charge is 0.481 e. The molecular formula is C10H15N3O. The van der Waals surface area contributed by atoms with Crippen LogP contribution in [0, 0.1) is 0 Å². The number of hydrogen-bond acceptors (Lipinski definition) is 4. The van der Waals surface area contributed by atoms with E-state index in [4.69, 9.17) is 10.5 Å². The maximum Gasteiger partial charge on any atom is 0.215 e. The molecule has 0 aliphatic heterocycles. The summed E-state index contributed by atoms with van der Waals surface area (Å²) in [4.78, 5) is 4.16. The average Bonchev–Trinajstić information content (AvgIpc) is 2.16. The van der Waals surface area contributed by atoms with E-state index >= 15 is 0 Å². The summed E-state index contributed by atoms with van der Waals surface area (Å²) in [5.74, 6) is 1.18. The predicted octanol–water partition coefficient (Wildman–Crippen LogP) is 1.66. The van der Waals surface area contributed by atoms with Gasteiger partial charge in [0.25, 0.3) is 0 Å². The Morgan fingerprint density at radius 3 is 2.93 bits per heavy atom. The number of methoxy groups -OCH3 is 1. The smallest absolute Gasteiger partial charge is 0.215 e. The molecule has 0 aromatic carbocycles. The molecule has 14 heavy (non-hydrogen) atoms. The topological polar surface area (TPSA) is 60.2 Å². The third kappa shape index (κ3) is 2.65. The summed E-state index contributed by atoms with van der Waals surface area (Å²) in [6, 6.07) is 3.48. The normalized spacial score (nSPS) is 9.57. The summed E-state index contributed by atoms with van der Waals surface area (Å²) in [6.45, 7) is 6.37. The SMILES string of the molecule is C=C(C)CNc1nc(OC)ccc1N. The number of anilines is 2. The lowest BCUT2D eigenvalue weighted by Gasteiger charge is -2.09. The first kappa shape index (κ1) is 10.4. The maximum absolute atomic E-state index is 5.72. The van der Waals surface area contributed by atoms with E-state index in [0.717, 1.165) is 5.57 Å². The molecule has 0 bridgehead atoms. The second-order valence-electron chi connectivity index (χ2n) is 3.10. The Bertz CT molecular complexity index is 336. The van der Waals surface area contributed by atoms with Crippen LogP contribution in [0.4, 0.5) is 11.5 Å². The molecule has 0 aliphatic carbocycles. The summed E-state index contributed by atoms with van der Waals surface area (Å²) in [7, 11) is 1.57. The van der Waals surface area contributed by atoms with E-state index in [1.54, 1.807) is 19.2 Å². The summed E-state index contributed by atoms with van der Waals surface area (Å²) >= 11 is 0. The minimum atomic E-state index is 0.545. The van der Waals surface area contributed by atoms with Crippen molar-refractivity contribution in [3.8, 4) is 5.88 Å². The molecular weight excluding hydrogens is 178 g/mol. The lowest BCUT2D eigenvalue weighted by Crippen LogP contribution is -2.07. The van der Waals surface area contributed by atoms with Gasteiger partial charge in [0, 0.05) is 12.6 Å². The fourth-order valence-electron chi connectivity index (χ4n) is 0.942. The summed E-state index contributed by atoms with van der Waals surface area (Å²) in [5.41, 5.74) is 7.35. The maximum atomic E-state index is 5.72. The third-order valence-corrected chi connectivity index (χ3v) is 1.67. The van der Waals surface area contributed by atoms with Crippen molar-refractivity contribution in [3.05, 3.63) is 24.3 Å². The summed E-state index contributed by atoms with van der Waals surface area (Å²) in [6.07, 6.45) is 0. The number of nitrogens with one attached hydrogen (secondary N) is 1.